The molecule has 0 saturated carbocycles. The first-order chi connectivity index (χ1) is 3.55. The number of halogens is 2. The number of hydrogen-bond acceptors (Lipinski definition) is 0. The van der Waals surface area contributed by atoms with Gasteiger partial charge in [0.05, 0.1) is 5.38 Å². The fraction of sp³-hybridized carbons (Fsp3) is 0.833. The van der Waals surface area contributed by atoms with Crippen LogP contribution in [0.3, 0.4) is 0 Å². The lowest BCUT2D eigenvalue weighted by molar-refractivity contribution is 0.824. The summed E-state index contributed by atoms with van der Waals surface area (Å²) in [6.45, 7) is 5.86. The standard InChI is InChI=1S/C6H11Cl2/c1-4(2)6(8)5(3)7/h5-6H,1-3H3. The highest BCUT2D eigenvalue weighted by Crippen LogP contribution is 2.18. The van der Waals surface area contributed by atoms with Gasteiger partial charge in [0.2, 0.25) is 0 Å². The Kier molecular flexibility index (Phi) is 3.84. The van der Waals surface area contributed by atoms with Crippen molar-refractivity contribution < 1.29 is 0 Å². The maximum Gasteiger partial charge on any atom is 0.0553 e. The van der Waals surface area contributed by atoms with Crippen LogP contribution in [0.15, 0.2) is 0 Å². The predicted octanol–water partition coefficient (Wildman–Crippen LogP) is 2.84. The molecule has 0 spiro atoms. The van der Waals surface area contributed by atoms with Gasteiger partial charge in [0, 0.05) is 5.38 Å². The van der Waals surface area contributed by atoms with E-state index in [-0.39, 0.29) is 10.8 Å². The second kappa shape index (κ2) is 3.58. The zero-order valence-corrected chi connectivity index (χ0v) is 6.92. The quantitative estimate of drug-likeness (QED) is 0.536. The van der Waals surface area contributed by atoms with Crippen molar-refractivity contribution in [3.05, 3.63) is 5.92 Å². The molecular formula is C6H11Cl2. The van der Waals surface area contributed by atoms with Crippen molar-refractivity contribution in [2.45, 2.75) is 31.5 Å². The third-order valence-electron chi connectivity index (χ3n) is 0.955. The molecule has 2 unspecified atom stereocenters. The first-order valence-electron chi connectivity index (χ1n) is 2.64. The molecule has 0 saturated heterocycles. The van der Waals surface area contributed by atoms with Crippen molar-refractivity contribution in [1.29, 1.82) is 0 Å². The Hall–Kier alpha value is 0.580. The summed E-state index contributed by atoms with van der Waals surface area (Å²) in [7, 11) is 0. The summed E-state index contributed by atoms with van der Waals surface area (Å²) in [5.74, 6) is 1.18. The van der Waals surface area contributed by atoms with E-state index in [4.69, 9.17) is 23.2 Å². The van der Waals surface area contributed by atoms with Gasteiger partial charge in [-0.25, -0.2) is 0 Å². The predicted molar refractivity (Wildman–Crippen MR) is 39.5 cm³/mol. The first kappa shape index (κ1) is 8.58. The molecule has 8 heavy (non-hydrogen) atoms. The summed E-state index contributed by atoms with van der Waals surface area (Å²) < 4.78 is 0. The van der Waals surface area contributed by atoms with Gasteiger partial charge in [0.1, 0.15) is 0 Å². The highest BCUT2D eigenvalue weighted by atomic mass is 35.5. The second-order valence-corrected chi connectivity index (χ2v) is 3.32. The van der Waals surface area contributed by atoms with Gasteiger partial charge >= 0.3 is 0 Å². The molecule has 2 heteroatoms. The first-order valence-corrected chi connectivity index (χ1v) is 3.51. The Morgan fingerprint density at radius 3 is 1.62 bits per heavy atom. The van der Waals surface area contributed by atoms with Crippen LogP contribution in [0.5, 0.6) is 0 Å². The summed E-state index contributed by atoms with van der Waals surface area (Å²) in [6.07, 6.45) is 0. The number of rotatable bonds is 2. The lowest BCUT2D eigenvalue weighted by atomic mass is 10.1. The fourth-order valence-electron chi connectivity index (χ4n) is 0.459. The SMILES string of the molecule is C[C](C)C(Cl)C(C)Cl. The second-order valence-electron chi connectivity index (χ2n) is 2.16. The minimum Gasteiger partial charge on any atom is -0.122 e. The smallest absolute Gasteiger partial charge is 0.0553 e. The molecule has 0 N–H and O–H groups in total. The van der Waals surface area contributed by atoms with Crippen LogP contribution in [-0.4, -0.2) is 10.8 Å². The molecule has 0 aliphatic carbocycles. The van der Waals surface area contributed by atoms with E-state index in [1.165, 1.54) is 5.92 Å². The molecule has 0 heterocycles. The Morgan fingerprint density at radius 1 is 1.25 bits per heavy atom. The van der Waals surface area contributed by atoms with Gasteiger partial charge in [-0.2, -0.15) is 0 Å². The van der Waals surface area contributed by atoms with Gasteiger partial charge in [-0.15, -0.1) is 23.2 Å². The molecule has 0 amide bonds. The van der Waals surface area contributed by atoms with Gasteiger partial charge in [-0.1, -0.05) is 13.8 Å². The molecule has 0 aliphatic rings. The lowest BCUT2D eigenvalue weighted by Crippen LogP contribution is -2.15. The molecule has 49 valence electrons. The van der Waals surface area contributed by atoms with E-state index >= 15 is 0 Å². The molecule has 0 fully saturated rings. The lowest BCUT2D eigenvalue weighted by Gasteiger charge is -2.13. The van der Waals surface area contributed by atoms with E-state index in [0.717, 1.165) is 0 Å². The Bertz CT molecular complexity index is 51.5. The van der Waals surface area contributed by atoms with E-state index in [2.05, 4.69) is 0 Å². The Morgan fingerprint density at radius 2 is 1.62 bits per heavy atom. The topological polar surface area (TPSA) is 0 Å². The Labute approximate surface area is 61.2 Å². The highest BCUT2D eigenvalue weighted by Gasteiger charge is 2.14. The van der Waals surface area contributed by atoms with E-state index < -0.39 is 0 Å². The van der Waals surface area contributed by atoms with Crippen LogP contribution in [0.25, 0.3) is 0 Å². The molecular weight excluding hydrogens is 143 g/mol. The van der Waals surface area contributed by atoms with Crippen molar-refractivity contribution >= 4 is 23.2 Å². The van der Waals surface area contributed by atoms with E-state index in [0.29, 0.717) is 0 Å². The van der Waals surface area contributed by atoms with Crippen LogP contribution in [-0.2, 0) is 0 Å². The molecule has 0 nitrogen and oxygen atoms in total. The number of alkyl halides is 2. The fourth-order valence-corrected chi connectivity index (χ4v) is 0.711. The van der Waals surface area contributed by atoms with Gasteiger partial charge in [-0.05, 0) is 12.8 Å². The van der Waals surface area contributed by atoms with Crippen molar-refractivity contribution in [3.8, 4) is 0 Å². The molecule has 0 aromatic rings. The Balaban J connectivity index is 3.46. The van der Waals surface area contributed by atoms with E-state index in [1.54, 1.807) is 0 Å². The summed E-state index contributed by atoms with van der Waals surface area (Å²) in [6, 6.07) is 0. The van der Waals surface area contributed by atoms with Crippen molar-refractivity contribution in [1.82, 2.24) is 0 Å². The molecule has 0 rings (SSSR count). The van der Waals surface area contributed by atoms with Gasteiger partial charge in [0.15, 0.2) is 0 Å². The van der Waals surface area contributed by atoms with Gasteiger partial charge in [-0.3, -0.25) is 0 Å². The van der Waals surface area contributed by atoms with Gasteiger partial charge in [0.25, 0.3) is 0 Å². The number of hydrogen-bond donors (Lipinski definition) is 0. The molecule has 2 atom stereocenters. The summed E-state index contributed by atoms with van der Waals surface area (Å²) in [5, 5.41) is 0.0679. The monoisotopic (exact) mass is 153 g/mol. The molecule has 0 aliphatic heterocycles. The summed E-state index contributed by atoms with van der Waals surface area (Å²) in [4.78, 5) is 0. The minimum atomic E-state index is 0.0247. The van der Waals surface area contributed by atoms with Crippen LogP contribution in [0.4, 0.5) is 0 Å². The van der Waals surface area contributed by atoms with Crippen LogP contribution >= 0.6 is 23.2 Å². The van der Waals surface area contributed by atoms with Gasteiger partial charge < -0.3 is 0 Å². The minimum absolute atomic E-state index is 0.0247. The average molecular weight is 154 g/mol. The van der Waals surface area contributed by atoms with Crippen molar-refractivity contribution in [3.63, 3.8) is 0 Å². The third kappa shape index (κ3) is 2.78. The van der Waals surface area contributed by atoms with Crippen molar-refractivity contribution in [2.24, 2.45) is 0 Å². The maximum absolute atomic E-state index is 5.78. The third-order valence-corrected chi connectivity index (χ3v) is 2.15. The van der Waals surface area contributed by atoms with Crippen LogP contribution < -0.4 is 0 Å². The molecule has 0 bridgehead atoms. The highest BCUT2D eigenvalue weighted by molar-refractivity contribution is 6.30. The molecule has 0 aromatic heterocycles. The summed E-state index contributed by atoms with van der Waals surface area (Å²) >= 11 is 11.5. The zero-order valence-electron chi connectivity index (χ0n) is 5.41. The molecule has 0 aromatic carbocycles. The normalized spacial score (nSPS) is 18.8. The molecule has 1 radical (unpaired) electrons. The van der Waals surface area contributed by atoms with E-state index in [9.17, 15) is 0 Å². The van der Waals surface area contributed by atoms with Crippen LogP contribution in [0, 0.1) is 5.92 Å². The van der Waals surface area contributed by atoms with E-state index in [1.807, 2.05) is 20.8 Å². The zero-order chi connectivity index (χ0) is 6.73. The van der Waals surface area contributed by atoms with Crippen molar-refractivity contribution in [2.75, 3.05) is 0 Å². The van der Waals surface area contributed by atoms with Crippen LogP contribution in [0.2, 0.25) is 0 Å². The largest absolute Gasteiger partial charge is 0.122 e. The summed E-state index contributed by atoms with van der Waals surface area (Å²) in [5.41, 5.74) is 0. The maximum atomic E-state index is 5.78. The average Bonchev–Trinajstić information content (AvgIpc) is 1.64. The van der Waals surface area contributed by atoms with Crippen LogP contribution in [0.1, 0.15) is 20.8 Å².